The summed E-state index contributed by atoms with van der Waals surface area (Å²) in [4.78, 5) is 68.6. The van der Waals surface area contributed by atoms with Crippen LogP contribution in [0.1, 0.15) is 85.0 Å². The Bertz CT molecular complexity index is 899. The van der Waals surface area contributed by atoms with Gasteiger partial charge < -0.3 is 20.5 Å². The summed E-state index contributed by atoms with van der Waals surface area (Å²) in [7, 11) is 0. The average Bonchev–Trinajstić information content (AvgIpc) is 3.60. The largest absolute Gasteiger partial charge is 0.481 e. The number of carboxylic acids is 1. The number of Topliss-reactive ketones (excluding diaryl/α,β-unsaturated/α-hetero) is 2. The van der Waals surface area contributed by atoms with E-state index in [1.807, 2.05) is 20.8 Å². The maximum atomic E-state index is 12.1. The second-order valence-electron chi connectivity index (χ2n) is 10.8. The monoisotopic (exact) mass is 478 g/mol. The van der Waals surface area contributed by atoms with E-state index in [1.165, 1.54) is 0 Å². The van der Waals surface area contributed by atoms with Crippen LogP contribution in [0.25, 0.3) is 0 Å². The molecule has 0 aromatic heterocycles. The lowest BCUT2D eigenvalue weighted by atomic mass is 9.85. The molecule has 0 aromatic rings. The SMILES string of the molecule is CC(C)(C)OC(=O)CCC1(C2CC2)NC(=O)CC1=O.O=C(O)CCC1(C2CC2)NC(=O)CC1=O. The molecule has 2 aliphatic heterocycles. The minimum atomic E-state index is -0.927. The molecule has 0 spiro atoms. The molecule has 2 aliphatic carbocycles. The highest BCUT2D eigenvalue weighted by Crippen LogP contribution is 2.46. The Morgan fingerprint density at radius 1 is 0.853 bits per heavy atom. The van der Waals surface area contributed by atoms with Crippen molar-refractivity contribution in [2.24, 2.45) is 11.8 Å². The zero-order valence-electron chi connectivity index (χ0n) is 20.0. The lowest BCUT2D eigenvalue weighted by molar-refractivity contribution is -0.155. The number of aliphatic carboxylic acids is 1. The van der Waals surface area contributed by atoms with E-state index in [2.05, 4.69) is 10.6 Å². The second-order valence-corrected chi connectivity index (χ2v) is 10.8. The summed E-state index contributed by atoms with van der Waals surface area (Å²) in [5.41, 5.74) is -2.17. The van der Waals surface area contributed by atoms with Crippen LogP contribution in [0.2, 0.25) is 0 Å². The average molecular weight is 479 g/mol. The Kier molecular flexibility index (Phi) is 7.19. The first-order valence-corrected chi connectivity index (χ1v) is 11.9. The van der Waals surface area contributed by atoms with Crippen LogP contribution in [0.5, 0.6) is 0 Å². The summed E-state index contributed by atoms with van der Waals surface area (Å²) in [5.74, 6) is -1.56. The highest BCUT2D eigenvalue weighted by atomic mass is 16.6. The number of esters is 1. The van der Waals surface area contributed by atoms with Crippen molar-refractivity contribution in [2.45, 2.75) is 102 Å². The molecule has 2 amide bonds. The number of ether oxygens (including phenoxy) is 1. The number of hydrogen-bond donors (Lipinski definition) is 3. The van der Waals surface area contributed by atoms with Crippen molar-refractivity contribution in [1.82, 2.24) is 10.6 Å². The van der Waals surface area contributed by atoms with Crippen molar-refractivity contribution < 1.29 is 38.6 Å². The van der Waals surface area contributed by atoms with Crippen molar-refractivity contribution in [1.29, 1.82) is 0 Å². The van der Waals surface area contributed by atoms with Crippen LogP contribution in [0.3, 0.4) is 0 Å². The molecule has 34 heavy (non-hydrogen) atoms. The lowest BCUT2D eigenvalue weighted by Gasteiger charge is -2.28. The van der Waals surface area contributed by atoms with Crippen LogP contribution in [0.4, 0.5) is 0 Å². The highest BCUT2D eigenvalue weighted by Gasteiger charge is 2.56. The molecule has 3 N–H and O–H groups in total. The Labute approximate surface area is 198 Å². The van der Waals surface area contributed by atoms with Gasteiger partial charge in [0, 0.05) is 12.8 Å². The third-order valence-corrected chi connectivity index (χ3v) is 6.79. The van der Waals surface area contributed by atoms with E-state index < -0.39 is 22.6 Å². The summed E-state index contributed by atoms with van der Waals surface area (Å²) in [5, 5.41) is 14.1. The van der Waals surface area contributed by atoms with Crippen molar-refractivity contribution in [2.75, 3.05) is 0 Å². The van der Waals surface area contributed by atoms with Crippen LogP contribution in [0.15, 0.2) is 0 Å². The molecule has 2 saturated carbocycles. The quantitative estimate of drug-likeness (QED) is 0.349. The summed E-state index contributed by atoms with van der Waals surface area (Å²) in [6, 6.07) is 0. The zero-order chi connectivity index (χ0) is 25.3. The van der Waals surface area contributed by atoms with Crippen LogP contribution < -0.4 is 10.6 Å². The van der Waals surface area contributed by atoms with E-state index in [0.717, 1.165) is 25.7 Å². The standard InChI is InChI=1S/C14H21NO4.C10H13NO4/c1-13(2,3)19-12(18)6-7-14(9-4-5-9)10(16)8-11(17)15-14;12-7-5-8(13)11-10(7,6-1-2-6)4-3-9(14)15/h9H,4-8H2,1-3H3,(H,15,17);6H,1-5H2,(H,11,13)(H,14,15). The van der Waals surface area contributed by atoms with Crippen molar-refractivity contribution in [3.8, 4) is 0 Å². The van der Waals surface area contributed by atoms with Gasteiger partial charge in [0.1, 0.15) is 16.7 Å². The van der Waals surface area contributed by atoms with Gasteiger partial charge in [0.25, 0.3) is 0 Å². The molecule has 4 fully saturated rings. The van der Waals surface area contributed by atoms with E-state index in [0.29, 0.717) is 6.42 Å². The van der Waals surface area contributed by atoms with Gasteiger partial charge in [-0.3, -0.25) is 28.8 Å². The van der Waals surface area contributed by atoms with Gasteiger partial charge >= 0.3 is 11.9 Å². The Morgan fingerprint density at radius 3 is 1.56 bits per heavy atom. The smallest absolute Gasteiger partial charge is 0.306 e. The molecular formula is C24H34N2O8. The van der Waals surface area contributed by atoms with E-state index in [1.54, 1.807) is 0 Å². The normalized spacial score (nSPS) is 28.7. The van der Waals surface area contributed by atoms with Gasteiger partial charge in [0.2, 0.25) is 11.8 Å². The number of ketones is 2. The molecule has 2 saturated heterocycles. The fraction of sp³-hybridized carbons (Fsp3) is 0.750. The summed E-state index contributed by atoms with van der Waals surface area (Å²) in [6.45, 7) is 5.43. The van der Waals surface area contributed by atoms with Gasteiger partial charge in [-0.2, -0.15) is 0 Å². The zero-order valence-corrected chi connectivity index (χ0v) is 20.0. The van der Waals surface area contributed by atoms with Gasteiger partial charge in [0.15, 0.2) is 11.6 Å². The summed E-state index contributed by atoms with van der Waals surface area (Å²) < 4.78 is 5.24. The Morgan fingerprint density at radius 2 is 1.26 bits per heavy atom. The maximum Gasteiger partial charge on any atom is 0.306 e. The minimum absolute atomic E-state index is 0.0508. The number of rotatable bonds is 8. The first-order valence-electron chi connectivity index (χ1n) is 11.9. The lowest BCUT2D eigenvalue weighted by Crippen LogP contribution is -2.49. The van der Waals surface area contributed by atoms with Crippen LogP contribution in [-0.4, -0.2) is 57.1 Å². The Balaban J connectivity index is 0.000000196. The topological polar surface area (TPSA) is 156 Å². The third kappa shape index (κ3) is 6.01. The number of hydrogen-bond acceptors (Lipinski definition) is 7. The number of carbonyl (C=O) groups is 6. The van der Waals surface area contributed by atoms with Crippen LogP contribution in [0, 0.1) is 11.8 Å². The summed E-state index contributed by atoms with van der Waals surface area (Å²) >= 11 is 0. The molecule has 10 nitrogen and oxygen atoms in total. The minimum Gasteiger partial charge on any atom is -0.481 e. The van der Waals surface area contributed by atoms with E-state index in [4.69, 9.17) is 9.84 Å². The molecule has 4 aliphatic rings. The van der Waals surface area contributed by atoms with Crippen molar-refractivity contribution in [3.63, 3.8) is 0 Å². The predicted molar refractivity (Wildman–Crippen MR) is 118 cm³/mol. The molecule has 2 unspecified atom stereocenters. The second kappa shape index (κ2) is 9.46. The summed E-state index contributed by atoms with van der Waals surface area (Å²) in [6.07, 6.45) is 4.26. The third-order valence-electron chi connectivity index (χ3n) is 6.79. The number of carbonyl (C=O) groups excluding carboxylic acids is 5. The van der Waals surface area contributed by atoms with Crippen molar-refractivity contribution >= 4 is 35.3 Å². The number of amides is 2. The first-order chi connectivity index (χ1) is 15.8. The molecular weight excluding hydrogens is 444 g/mol. The molecule has 0 radical (unpaired) electrons. The van der Waals surface area contributed by atoms with Gasteiger partial charge in [-0.05, 0) is 71.1 Å². The van der Waals surface area contributed by atoms with Gasteiger partial charge in [-0.15, -0.1) is 0 Å². The number of nitrogens with one attached hydrogen (secondary N) is 2. The van der Waals surface area contributed by atoms with Gasteiger partial charge in [-0.25, -0.2) is 0 Å². The molecule has 188 valence electrons. The van der Waals surface area contributed by atoms with Crippen molar-refractivity contribution in [3.05, 3.63) is 0 Å². The fourth-order valence-corrected chi connectivity index (χ4v) is 4.95. The van der Waals surface area contributed by atoms with Crippen LogP contribution >= 0.6 is 0 Å². The van der Waals surface area contributed by atoms with E-state index >= 15 is 0 Å². The predicted octanol–water partition coefficient (Wildman–Crippen LogP) is 1.44. The maximum absolute atomic E-state index is 12.1. The molecule has 2 atom stereocenters. The van der Waals surface area contributed by atoms with Gasteiger partial charge in [-0.1, -0.05) is 0 Å². The number of carboxylic acid groups (broad SMARTS) is 1. The molecule has 10 heteroatoms. The van der Waals surface area contributed by atoms with E-state index in [9.17, 15) is 28.8 Å². The Hall–Kier alpha value is -2.78. The first kappa shape index (κ1) is 25.8. The fourth-order valence-electron chi connectivity index (χ4n) is 4.95. The molecule has 0 bridgehead atoms. The highest BCUT2D eigenvalue weighted by molar-refractivity contribution is 6.11. The van der Waals surface area contributed by atoms with Crippen LogP contribution in [-0.2, 0) is 33.5 Å². The van der Waals surface area contributed by atoms with Gasteiger partial charge in [0.05, 0.1) is 12.8 Å². The van der Waals surface area contributed by atoms with E-state index in [-0.39, 0.29) is 73.3 Å². The molecule has 0 aromatic carbocycles. The molecule has 4 rings (SSSR count). The molecule has 2 heterocycles.